The highest BCUT2D eigenvalue weighted by atomic mass is 16.4. The maximum atomic E-state index is 11.4. The van der Waals surface area contributed by atoms with E-state index in [4.69, 9.17) is 0 Å². The molecule has 1 atom stereocenters. The molecule has 1 fully saturated rings. The van der Waals surface area contributed by atoms with Gasteiger partial charge in [0, 0.05) is 5.41 Å². The summed E-state index contributed by atoms with van der Waals surface area (Å²) in [5.74, 6) is -0.730. The Morgan fingerprint density at radius 1 is 1.25 bits per heavy atom. The van der Waals surface area contributed by atoms with Crippen LogP contribution in [-0.4, -0.2) is 11.1 Å². The van der Waals surface area contributed by atoms with E-state index in [1.54, 1.807) is 0 Å². The maximum absolute atomic E-state index is 11.4. The predicted molar refractivity (Wildman–Crippen MR) is 63.3 cm³/mol. The fourth-order valence-corrected chi connectivity index (χ4v) is 2.84. The van der Waals surface area contributed by atoms with Crippen LogP contribution in [-0.2, 0) is 10.2 Å². The lowest BCUT2D eigenvalue weighted by molar-refractivity contribution is -0.144. The zero-order valence-electron chi connectivity index (χ0n) is 9.81. The van der Waals surface area contributed by atoms with Gasteiger partial charge in [-0.15, -0.1) is 0 Å². The third-order valence-electron chi connectivity index (χ3n) is 3.67. The minimum absolute atomic E-state index is 0.0960. The molecule has 2 nitrogen and oxygen atoms in total. The van der Waals surface area contributed by atoms with Crippen molar-refractivity contribution < 1.29 is 9.90 Å². The molecule has 0 saturated heterocycles. The number of carboxylic acid groups (broad SMARTS) is 1. The van der Waals surface area contributed by atoms with E-state index in [2.05, 4.69) is 12.1 Å². The predicted octanol–water partition coefficient (Wildman–Crippen LogP) is 3.08. The van der Waals surface area contributed by atoms with Crippen molar-refractivity contribution in [2.45, 2.75) is 32.1 Å². The van der Waals surface area contributed by atoms with Gasteiger partial charge in [0.2, 0.25) is 0 Å². The number of hydrogen-bond acceptors (Lipinski definition) is 1. The first kappa shape index (κ1) is 11.2. The molecule has 1 aromatic rings. The molecule has 0 bridgehead atoms. The third kappa shape index (κ3) is 1.73. The Labute approximate surface area is 96.3 Å². The number of benzene rings is 1. The highest BCUT2D eigenvalue weighted by Gasteiger charge is 2.54. The second-order valence-corrected chi connectivity index (χ2v) is 5.08. The second-order valence-electron chi connectivity index (χ2n) is 5.08. The van der Waals surface area contributed by atoms with Crippen LogP contribution in [0.15, 0.2) is 30.3 Å². The first-order chi connectivity index (χ1) is 7.58. The van der Waals surface area contributed by atoms with Gasteiger partial charge in [0.05, 0.1) is 5.92 Å². The van der Waals surface area contributed by atoms with Crippen molar-refractivity contribution in [3.05, 3.63) is 35.9 Å². The monoisotopic (exact) mass is 218 g/mol. The molecule has 1 aromatic carbocycles. The van der Waals surface area contributed by atoms with Crippen molar-refractivity contribution >= 4 is 5.97 Å². The van der Waals surface area contributed by atoms with E-state index in [0.717, 1.165) is 12.8 Å². The largest absolute Gasteiger partial charge is 0.481 e. The Hall–Kier alpha value is -1.31. The summed E-state index contributed by atoms with van der Waals surface area (Å²) in [6, 6.07) is 10.1. The van der Waals surface area contributed by atoms with Crippen LogP contribution in [0.4, 0.5) is 0 Å². The maximum Gasteiger partial charge on any atom is 0.307 e. The van der Waals surface area contributed by atoms with Crippen LogP contribution in [0.2, 0.25) is 0 Å². The molecule has 1 N–H and O–H groups in total. The normalized spacial score (nSPS) is 19.4. The molecule has 1 aliphatic rings. The zero-order valence-corrected chi connectivity index (χ0v) is 9.81. The van der Waals surface area contributed by atoms with E-state index in [1.807, 2.05) is 32.0 Å². The van der Waals surface area contributed by atoms with Crippen LogP contribution in [0.5, 0.6) is 0 Å². The van der Waals surface area contributed by atoms with E-state index in [0.29, 0.717) is 0 Å². The molecule has 0 aliphatic heterocycles. The van der Waals surface area contributed by atoms with Gasteiger partial charge in [0.25, 0.3) is 0 Å². The average molecular weight is 218 g/mol. The highest BCUT2D eigenvalue weighted by Crippen LogP contribution is 2.56. The Morgan fingerprint density at radius 2 is 1.81 bits per heavy atom. The summed E-state index contributed by atoms with van der Waals surface area (Å²) in [7, 11) is 0. The summed E-state index contributed by atoms with van der Waals surface area (Å²) in [6.45, 7) is 4.00. The van der Waals surface area contributed by atoms with Gasteiger partial charge in [0.1, 0.15) is 0 Å². The van der Waals surface area contributed by atoms with Crippen molar-refractivity contribution in [3.63, 3.8) is 0 Å². The number of carboxylic acids is 1. The van der Waals surface area contributed by atoms with Gasteiger partial charge >= 0.3 is 5.97 Å². The second kappa shape index (κ2) is 3.93. The quantitative estimate of drug-likeness (QED) is 0.843. The topological polar surface area (TPSA) is 37.3 Å². The summed E-state index contributed by atoms with van der Waals surface area (Å²) in [5.41, 5.74) is 1.09. The molecule has 1 saturated carbocycles. The van der Waals surface area contributed by atoms with Gasteiger partial charge < -0.3 is 5.11 Å². The summed E-state index contributed by atoms with van der Waals surface area (Å²) < 4.78 is 0. The van der Waals surface area contributed by atoms with Crippen LogP contribution in [0.1, 0.15) is 32.3 Å². The third-order valence-corrected chi connectivity index (χ3v) is 3.67. The molecule has 0 amide bonds. The van der Waals surface area contributed by atoms with Crippen molar-refractivity contribution in [1.82, 2.24) is 0 Å². The molecule has 2 heteroatoms. The van der Waals surface area contributed by atoms with Crippen LogP contribution in [0.3, 0.4) is 0 Å². The number of aliphatic carboxylic acids is 1. The van der Waals surface area contributed by atoms with Crippen molar-refractivity contribution in [3.8, 4) is 0 Å². The molecule has 0 aromatic heterocycles. The fraction of sp³-hybridized carbons (Fsp3) is 0.500. The first-order valence-electron chi connectivity index (χ1n) is 5.86. The van der Waals surface area contributed by atoms with E-state index >= 15 is 0 Å². The first-order valence-corrected chi connectivity index (χ1v) is 5.86. The molecule has 0 heterocycles. The lowest BCUT2D eigenvalue weighted by Gasteiger charge is -2.27. The lowest BCUT2D eigenvalue weighted by atomic mass is 9.76. The molecule has 2 rings (SSSR count). The minimum atomic E-state index is -0.656. The SMILES string of the molecule is CC(C)C(C(=O)O)C1(c2ccccc2)CC1. The Morgan fingerprint density at radius 3 is 2.19 bits per heavy atom. The van der Waals surface area contributed by atoms with Crippen LogP contribution < -0.4 is 0 Å². The van der Waals surface area contributed by atoms with E-state index in [-0.39, 0.29) is 17.3 Å². The molecular weight excluding hydrogens is 200 g/mol. The summed E-state index contributed by atoms with van der Waals surface area (Å²) in [4.78, 5) is 11.4. The number of carbonyl (C=O) groups is 1. The van der Waals surface area contributed by atoms with Crippen LogP contribution in [0.25, 0.3) is 0 Å². The van der Waals surface area contributed by atoms with Gasteiger partial charge in [-0.1, -0.05) is 44.2 Å². The van der Waals surface area contributed by atoms with Gasteiger partial charge in [0.15, 0.2) is 0 Å². The van der Waals surface area contributed by atoms with Crippen molar-refractivity contribution in [1.29, 1.82) is 0 Å². The van der Waals surface area contributed by atoms with Gasteiger partial charge in [-0.2, -0.15) is 0 Å². The molecule has 86 valence electrons. The van der Waals surface area contributed by atoms with E-state index in [1.165, 1.54) is 5.56 Å². The van der Waals surface area contributed by atoms with Gasteiger partial charge in [-0.05, 0) is 24.3 Å². The minimum Gasteiger partial charge on any atom is -0.481 e. The number of hydrogen-bond donors (Lipinski definition) is 1. The Kier molecular flexibility index (Phi) is 2.75. The summed E-state index contributed by atoms with van der Waals surface area (Å²) in [6.07, 6.45) is 2.01. The Bertz CT molecular complexity index is 377. The van der Waals surface area contributed by atoms with Gasteiger partial charge in [-0.3, -0.25) is 4.79 Å². The van der Waals surface area contributed by atoms with E-state index < -0.39 is 5.97 Å². The summed E-state index contributed by atoms with van der Waals surface area (Å²) in [5, 5.41) is 9.38. The van der Waals surface area contributed by atoms with Crippen molar-refractivity contribution in [2.24, 2.45) is 11.8 Å². The average Bonchev–Trinajstić information content (AvgIpc) is 2.99. The zero-order chi connectivity index (χ0) is 11.8. The highest BCUT2D eigenvalue weighted by molar-refractivity contribution is 5.74. The molecule has 0 spiro atoms. The van der Waals surface area contributed by atoms with Crippen molar-refractivity contribution in [2.75, 3.05) is 0 Å². The molecule has 0 radical (unpaired) electrons. The smallest absolute Gasteiger partial charge is 0.307 e. The molecule has 1 aliphatic carbocycles. The number of rotatable bonds is 4. The Balaban J connectivity index is 2.35. The standard InChI is InChI=1S/C14H18O2/c1-10(2)12(13(15)16)14(8-9-14)11-6-4-3-5-7-11/h3-7,10,12H,8-9H2,1-2H3,(H,15,16). The van der Waals surface area contributed by atoms with Crippen LogP contribution >= 0.6 is 0 Å². The fourth-order valence-electron chi connectivity index (χ4n) is 2.84. The summed E-state index contributed by atoms with van der Waals surface area (Å²) >= 11 is 0. The molecule has 1 unspecified atom stereocenters. The lowest BCUT2D eigenvalue weighted by Crippen LogP contribution is -2.32. The van der Waals surface area contributed by atoms with E-state index in [9.17, 15) is 9.90 Å². The molecule has 16 heavy (non-hydrogen) atoms. The molecular formula is C14H18O2. The van der Waals surface area contributed by atoms with Gasteiger partial charge in [-0.25, -0.2) is 0 Å². The van der Waals surface area contributed by atoms with Crippen LogP contribution in [0, 0.1) is 11.8 Å².